The zero-order valence-electron chi connectivity index (χ0n) is 9.29. The summed E-state index contributed by atoms with van der Waals surface area (Å²) in [6.45, 7) is 1.78. The van der Waals surface area contributed by atoms with Crippen molar-refractivity contribution < 1.29 is 14.3 Å². The van der Waals surface area contributed by atoms with Gasteiger partial charge in [0.25, 0.3) is 0 Å². The first-order chi connectivity index (χ1) is 7.72. The lowest BCUT2D eigenvalue weighted by Crippen LogP contribution is -2.03. The molecule has 0 bridgehead atoms. The van der Waals surface area contributed by atoms with Crippen LogP contribution in [0.25, 0.3) is 0 Å². The summed E-state index contributed by atoms with van der Waals surface area (Å²) in [5, 5.41) is 0. The minimum atomic E-state index is -0.471. The number of allylic oxidation sites excluding steroid dienone is 2. The van der Waals surface area contributed by atoms with E-state index in [1.807, 2.05) is 0 Å². The van der Waals surface area contributed by atoms with Crippen molar-refractivity contribution in [3.8, 4) is 0 Å². The van der Waals surface area contributed by atoms with E-state index >= 15 is 0 Å². The number of ether oxygens (including phenoxy) is 1. The summed E-state index contributed by atoms with van der Waals surface area (Å²) in [6.07, 6.45) is 6.34. The predicted molar refractivity (Wildman–Crippen MR) is 57.3 cm³/mol. The van der Waals surface area contributed by atoms with Gasteiger partial charge < -0.3 is 4.74 Å². The summed E-state index contributed by atoms with van der Waals surface area (Å²) < 4.78 is 4.71. The van der Waals surface area contributed by atoms with Crippen LogP contribution in [0, 0.1) is 11.8 Å². The molecule has 1 saturated heterocycles. The lowest BCUT2D eigenvalue weighted by molar-refractivity contribution is -0.149. The minimum absolute atomic E-state index is 0.424. The Hall–Kier alpha value is -1.38. The molecule has 3 aliphatic rings. The summed E-state index contributed by atoms with van der Waals surface area (Å²) in [5.74, 6) is 0.181. The summed E-state index contributed by atoms with van der Waals surface area (Å²) in [4.78, 5) is 23.2. The number of carbonyl (C=O) groups excluding carboxylic acids is 2. The maximum atomic E-state index is 11.7. The highest BCUT2D eigenvalue weighted by Gasteiger charge is 2.44. The van der Waals surface area contributed by atoms with E-state index in [2.05, 4.69) is 0 Å². The molecule has 0 atom stereocenters. The first kappa shape index (κ1) is 9.82. The van der Waals surface area contributed by atoms with Crippen LogP contribution in [0.2, 0.25) is 0 Å². The van der Waals surface area contributed by atoms with E-state index in [1.54, 1.807) is 13.0 Å². The van der Waals surface area contributed by atoms with E-state index < -0.39 is 11.9 Å². The average molecular weight is 218 g/mol. The second-order valence-electron chi connectivity index (χ2n) is 4.76. The number of rotatable bonds is 2. The molecule has 3 fully saturated rings. The molecule has 3 nitrogen and oxygen atoms in total. The molecule has 0 radical (unpaired) electrons. The molecule has 1 heterocycles. The molecule has 84 valence electrons. The van der Waals surface area contributed by atoms with Crippen molar-refractivity contribution in [2.24, 2.45) is 11.8 Å². The Morgan fingerprint density at radius 1 is 1.12 bits per heavy atom. The van der Waals surface area contributed by atoms with Gasteiger partial charge in [-0.3, -0.25) is 0 Å². The van der Waals surface area contributed by atoms with E-state index in [0.717, 1.165) is 25.7 Å². The SMILES string of the molecule is CC=C1C(=O)OC(=O)C1=C(C1CC1)C1CC1. The van der Waals surface area contributed by atoms with Crippen LogP contribution < -0.4 is 0 Å². The van der Waals surface area contributed by atoms with Crippen LogP contribution >= 0.6 is 0 Å². The Kier molecular flexibility index (Phi) is 2.03. The van der Waals surface area contributed by atoms with Gasteiger partial charge >= 0.3 is 11.9 Å². The van der Waals surface area contributed by atoms with Crippen molar-refractivity contribution in [3.05, 3.63) is 22.8 Å². The predicted octanol–water partition coefficient (Wildman–Crippen LogP) is 2.13. The maximum Gasteiger partial charge on any atom is 0.346 e. The Bertz CT molecular complexity index is 420. The molecule has 0 amide bonds. The first-order valence-corrected chi connectivity index (χ1v) is 5.89. The average Bonchev–Trinajstić information content (AvgIpc) is 3.11. The Morgan fingerprint density at radius 2 is 1.69 bits per heavy atom. The highest BCUT2D eigenvalue weighted by Crippen LogP contribution is 2.51. The van der Waals surface area contributed by atoms with Gasteiger partial charge in [0.2, 0.25) is 0 Å². The summed E-state index contributed by atoms with van der Waals surface area (Å²) >= 11 is 0. The van der Waals surface area contributed by atoms with Gasteiger partial charge in [-0.2, -0.15) is 0 Å². The maximum absolute atomic E-state index is 11.7. The highest BCUT2D eigenvalue weighted by molar-refractivity contribution is 6.18. The fraction of sp³-hybridized carbons (Fsp3) is 0.538. The number of hydrogen-bond donors (Lipinski definition) is 0. The van der Waals surface area contributed by atoms with Crippen LogP contribution in [0.15, 0.2) is 22.8 Å². The van der Waals surface area contributed by atoms with Gasteiger partial charge in [-0.25, -0.2) is 9.59 Å². The molecule has 3 rings (SSSR count). The van der Waals surface area contributed by atoms with Crippen LogP contribution in [-0.2, 0) is 14.3 Å². The molecule has 0 unspecified atom stereocenters. The van der Waals surface area contributed by atoms with Crippen molar-refractivity contribution in [1.82, 2.24) is 0 Å². The largest absolute Gasteiger partial charge is 0.386 e. The van der Waals surface area contributed by atoms with E-state index in [-0.39, 0.29) is 0 Å². The highest BCUT2D eigenvalue weighted by atomic mass is 16.6. The topological polar surface area (TPSA) is 43.4 Å². The second kappa shape index (κ2) is 3.30. The third kappa shape index (κ3) is 1.42. The molecule has 0 aromatic heterocycles. The van der Waals surface area contributed by atoms with Gasteiger partial charge in [0.1, 0.15) is 0 Å². The molecule has 2 saturated carbocycles. The number of cyclic esters (lactones) is 2. The van der Waals surface area contributed by atoms with Gasteiger partial charge in [-0.1, -0.05) is 6.08 Å². The molecule has 0 spiro atoms. The third-order valence-electron chi connectivity index (χ3n) is 3.49. The fourth-order valence-electron chi connectivity index (χ4n) is 2.47. The molecule has 0 N–H and O–H groups in total. The Morgan fingerprint density at radius 3 is 2.12 bits per heavy atom. The molecular weight excluding hydrogens is 204 g/mol. The van der Waals surface area contributed by atoms with Crippen molar-refractivity contribution in [2.45, 2.75) is 32.6 Å². The van der Waals surface area contributed by atoms with E-state index in [0.29, 0.717) is 23.0 Å². The Labute approximate surface area is 94.2 Å². The van der Waals surface area contributed by atoms with Crippen molar-refractivity contribution >= 4 is 11.9 Å². The minimum Gasteiger partial charge on any atom is -0.386 e. The molecule has 16 heavy (non-hydrogen) atoms. The van der Waals surface area contributed by atoms with Gasteiger partial charge in [0, 0.05) is 0 Å². The van der Waals surface area contributed by atoms with Gasteiger partial charge in [-0.15, -0.1) is 0 Å². The summed E-state index contributed by atoms with van der Waals surface area (Å²) in [7, 11) is 0. The molecule has 1 aliphatic heterocycles. The number of carbonyl (C=O) groups is 2. The standard InChI is InChI=1S/C13H14O3/c1-2-9-11(13(15)16-12(9)14)10(7-3-4-7)8-5-6-8/h2,7-8H,3-6H2,1H3. The van der Waals surface area contributed by atoms with E-state index in [9.17, 15) is 9.59 Å². The number of hydrogen-bond acceptors (Lipinski definition) is 3. The van der Waals surface area contributed by atoms with Crippen molar-refractivity contribution in [3.63, 3.8) is 0 Å². The number of esters is 2. The zero-order valence-corrected chi connectivity index (χ0v) is 9.29. The Balaban J connectivity index is 2.10. The van der Waals surface area contributed by atoms with Gasteiger partial charge in [-0.05, 0) is 50.0 Å². The van der Waals surface area contributed by atoms with Gasteiger partial charge in [0.05, 0.1) is 11.1 Å². The third-order valence-corrected chi connectivity index (χ3v) is 3.49. The zero-order chi connectivity index (χ0) is 11.3. The van der Waals surface area contributed by atoms with Crippen molar-refractivity contribution in [2.75, 3.05) is 0 Å². The monoisotopic (exact) mass is 218 g/mol. The molecule has 2 aliphatic carbocycles. The van der Waals surface area contributed by atoms with Crippen molar-refractivity contribution in [1.29, 1.82) is 0 Å². The van der Waals surface area contributed by atoms with Gasteiger partial charge in [0.15, 0.2) is 0 Å². The van der Waals surface area contributed by atoms with Crippen LogP contribution in [0.5, 0.6) is 0 Å². The quantitative estimate of drug-likeness (QED) is 0.405. The first-order valence-electron chi connectivity index (χ1n) is 5.89. The molecular formula is C13H14O3. The van der Waals surface area contributed by atoms with Crippen LogP contribution in [-0.4, -0.2) is 11.9 Å². The lowest BCUT2D eigenvalue weighted by Gasteiger charge is -2.06. The molecule has 0 aromatic carbocycles. The molecule has 0 aromatic rings. The fourth-order valence-corrected chi connectivity index (χ4v) is 2.47. The van der Waals surface area contributed by atoms with Crippen LogP contribution in [0.4, 0.5) is 0 Å². The van der Waals surface area contributed by atoms with E-state index in [1.165, 1.54) is 5.57 Å². The summed E-state index contributed by atoms with van der Waals surface area (Å²) in [6, 6.07) is 0. The molecule has 3 heteroatoms. The van der Waals surface area contributed by atoms with Crippen LogP contribution in [0.1, 0.15) is 32.6 Å². The second-order valence-corrected chi connectivity index (χ2v) is 4.76. The summed E-state index contributed by atoms with van der Waals surface area (Å²) in [5.41, 5.74) is 2.29. The lowest BCUT2D eigenvalue weighted by atomic mass is 9.94. The normalized spacial score (nSPS) is 27.6. The van der Waals surface area contributed by atoms with E-state index in [4.69, 9.17) is 4.74 Å². The smallest absolute Gasteiger partial charge is 0.346 e. The van der Waals surface area contributed by atoms with Crippen LogP contribution in [0.3, 0.4) is 0 Å².